The summed E-state index contributed by atoms with van der Waals surface area (Å²) in [6.07, 6.45) is 7.07. The van der Waals surface area contributed by atoms with Crippen LogP contribution in [0.4, 0.5) is 23.0 Å². The number of amides is 1. The number of benzene rings is 2. The van der Waals surface area contributed by atoms with Crippen molar-refractivity contribution in [2.75, 3.05) is 29.4 Å². The summed E-state index contributed by atoms with van der Waals surface area (Å²) in [6.45, 7) is 6.04. The van der Waals surface area contributed by atoms with E-state index in [1.165, 1.54) is 12.4 Å². The Kier molecular flexibility index (Phi) is 6.82. The van der Waals surface area contributed by atoms with Crippen LogP contribution < -0.4 is 20.4 Å². The predicted octanol–water partition coefficient (Wildman–Crippen LogP) is 4.73. The lowest BCUT2D eigenvalue weighted by Gasteiger charge is -2.24. The molecule has 0 radical (unpaired) electrons. The molecule has 1 saturated heterocycles. The van der Waals surface area contributed by atoms with Crippen molar-refractivity contribution in [3.8, 4) is 11.4 Å². The molecule has 0 bridgehead atoms. The van der Waals surface area contributed by atoms with Gasteiger partial charge in [0.2, 0.25) is 5.91 Å². The topological polar surface area (TPSA) is 106 Å². The summed E-state index contributed by atoms with van der Waals surface area (Å²) in [7, 11) is 1.58. The minimum atomic E-state index is -0.336. The number of rotatable bonds is 8. The Morgan fingerprint density at radius 1 is 1.16 bits per heavy atom. The largest absolute Gasteiger partial charge is 0.494 e. The molecule has 1 aliphatic rings. The van der Waals surface area contributed by atoms with E-state index in [0.29, 0.717) is 41.1 Å². The highest BCUT2D eigenvalue weighted by atomic mass is 16.7. The normalized spacial score (nSPS) is 14.9. The summed E-state index contributed by atoms with van der Waals surface area (Å²) in [6, 6.07) is 15.7. The zero-order valence-corrected chi connectivity index (χ0v) is 20.6. The second-order valence-corrected chi connectivity index (χ2v) is 8.37. The van der Waals surface area contributed by atoms with E-state index in [9.17, 15) is 4.79 Å². The Bertz CT molecular complexity index is 1420. The van der Waals surface area contributed by atoms with Crippen LogP contribution in [0.15, 0.2) is 79.9 Å². The number of aryl methyl sites for hydroxylation is 1. The van der Waals surface area contributed by atoms with Gasteiger partial charge in [-0.1, -0.05) is 36.9 Å². The summed E-state index contributed by atoms with van der Waals surface area (Å²) in [5.41, 5.74) is 3.01. The molecule has 188 valence electrons. The molecular weight excluding hydrogens is 470 g/mol. The molecule has 1 fully saturated rings. The fourth-order valence-electron chi connectivity index (χ4n) is 4.30. The van der Waals surface area contributed by atoms with Gasteiger partial charge in [-0.3, -0.25) is 9.63 Å². The number of anilines is 4. The van der Waals surface area contributed by atoms with Crippen molar-refractivity contribution < 1.29 is 14.4 Å². The van der Waals surface area contributed by atoms with Crippen molar-refractivity contribution in [3.63, 3.8) is 0 Å². The molecule has 0 aliphatic carbocycles. The Morgan fingerprint density at radius 2 is 2.00 bits per heavy atom. The first-order valence-corrected chi connectivity index (χ1v) is 11.8. The van der Waals surface area contributed by atoms with E-state index < -0.39 is 0 Å². The van der Waals surface area contributed by atoms with Gasteiger partial charge in [-0.2, -0.15) is 0 Å². The molecule has 10 heteroatoms. The average molecular weight is 498 g/mol. The number of hydroxylamine groups is 1. The molecule has 1 atom stereocenters. The molecule has 0 saturated carbocycles. The third-order valence-corrected chi connectivity index (χ3v) is 6.08. The number of carbonyl (C=O) groups is 1. The number of hydrogen-bond acceptors (Lipinski definition) is 8. The quantitative estimate of drug-likeness (QED) is 0.337. The number of imidazole rings is 1. The number of hydrogen-bond donors (Lipinski definition) is 2. The molecule has 3 heterocycles. The van der Waals surface area contributed by atoms with E-state index in [1.807, 2.05) is 53.1 Å². The maximum Gasteiger partial charge on any atom is 0.247 e. The first-order chi connectivity index (χ1) is 18.1. The van der Waals surface area contributed by atoms with Gasteiger partial charge in [0.05, 0.1) is 36.8 Å². The van der Waals surface area contributed by atoms with Crippen LogP contribution in [0, 0.1) is 6.92 Å². The summed E-state index contributed by atoms with van der Waals surface area (Å²) >= 11 is 0. The first-order valence-electron chi connectivity index (χ1n) is 11.8. The average Bonchev–Trinajstić information content (AvgIpc) is 3.59. The monoisotopic (exact) mass is 497 g/mol. The maximum atomic E-state index is 12.2. The maximum absolute atomic E-state index is 12.2. The zero-order valence-electron chi connectivity index (χ0n) is 20.6. The molecule has 0 spiro atoms. The second kappa shape index (κ2) is 10.5. The van der Waals surface area contributed by atoms with Gasteiger partial charge in [-0.15, -0.1) is 0 Å². The molecule has 2 N–H and O–H groups in total. The molecule has 1 amide bonds. The molecule has 10 nitrogen and oxygen atoms in total. The van der Waals surface area contributed by atoms with E-state index in [1.54, 1.807) is 19.4 Å². The zero-order chi connectivity index (χ0) is 25.8. The summed E-state index contributed by atoms with van der Waals surface area (Å²) in [4.78, 5) is 31.3. The Hall–Kier alpha value is -4.70. The van der Waals surface area contributed by atoms with E-state index in [2.05, 4.69) is 44.3 Å². The molecular formula is C27H27N7O3. The van der Waals surface area contributed by atoms with Crippen molar-refractivity contribution in [1.29, 1.82) is 0 Å². The summed E-state index contributed by atoms with van der Waals surface area (Å²) < 4.78 is 7.54. The lowest BCUT2D eigenvalue weighted by molar-refractivity contribution is -0.111. The molecule has 0 unspecified atom stereocenters. The molecule has 2 aromatic carbocycles. The Labute approximate surface area is 214 Å². The number of methoxy groups -OCH3 is 1. The molecule has 4 aromatic rings. The van der Waals surface area contributed by atoms with E-state index in [4.69, 9.17) is 9.57 Å². The molecule has 5 rings (SSSR count). The van der Waals surface area contributed by atoms with Crippen LogP contribution in [-0.4, -0.2) is 39.1 Å². The molecule has 1 aliphatic heterocycles. The van der Waals surface area contributed by atoms with Gasteiger partial charge in [-0.25, -0.2) is 20.0 Å². The van der Waals surface area contributed by atoms with Crippen LogP contribution in [0.3, 0.4) is 0 Å². The van der Waals surface area contributed by atoms with Crippen LogP contribution in [0.25, 0.3) is 5.69 Å². The Balaban J connectivity index is 1.48. The predicted molar refractivity (Wildman–Crippen MR) is 141 cm³/mol. The van der Waals surface area contributed by atoms with Crippen molar-refractivity contribution in [1.82, 2.24) is 19.5 Å². The fraction of sp³-hybridized carbons (Fsp3) is 0.185. The van der Waals surface area contributed by atoms with Crippen molar-refractivity contribution in [3.05, 3.63) is 91.3 Å². The minimum absolute atomic E-state index is 0.0527. The molecule has 2 aromatic heterocycles. The third-order valence-electron chi connectivity index (χ3n) is 6.08. The number of aromatic nitrogens is 4. The van der Waals surface area contributed by atoms with Crippen molar-refractivity contribution in [2.24, 2.45) is 0 Å². The smallest absolute Gasteiger partial charge is 0.247 e. The second-order valence-electron chi connectivity index (χ2n) is 8.37. The van der Waals surface area contributed by atoms with Crippen LogP contribution in [0.2, 0.25) is 0 Å². The van der Waals surface area contributed by atoms with Gasteiger partial charge in [0, 0.05) is 30.9 Å². The van der Waals surface area contributed by atoms with Gasteiger partial charge in [0.25, 0.3) is 0 Å². The number of nitrogens with one attached hydrogen (secondary N) is 2. The highest BCUT2D eigenvalue weighted by Crippen LogP contribution is 2.37. The van der Waals surface area contributed by atoms with Crippen LogP contribution in [-0.2, 0) is 9.63 Å². The SMILES string of the molecule is C=CC(=O)Nc1cc(Nc2cc(N3OCC[C@@H]3c3ccccc3)ncn2)c(OC)cc1-n1ccnc1C. The highest BCUT2D eigenvalue weighted by molar-refractivity contribution is 6.01. The van der Waals surface area contributed by atoms with E-state index in [0.717, 1.165) is 17.8 Å². The van der Waals surface area contributed by atoms with Gasteiger partial charge in [-0.05, 0) is 24.6 Å². The van der Waals surface area contributed by atoms with Gasteiger partial charge in [0.1, 0.15) is 23.7 Å². The number of ether oxygens (including phenoxy) is 1. The van der Waals surface area contributed by atoms with Gasteiger partial charge in [0.15, 0.2) is 5.82 Å². The molecule has 37 heavy (non-hydrogen) atoms. The Morgan fingerprint density at radius 3 is 2.73 bits per heavy atom. The first kappa shape index (κ1) is 24.0. The lowest BCUT2D eigenvalue weighted by atomic mass is 10.0. The van der Waals surface area contributed by atoms with Crippen LogP contribution in [0.5, 0.6) is 5.75 Å². The van der Waals surface area contributed by atoms with Gasteiger partial charge >= 0.3 is 0 Å². The van der Waals surface area contributed by atoms with Crippen molar-refractivity contribution in [2.45, 2.75) is 19.4 Å². The summed E-state index contributed by atoms with van der Waals surface area (Å²) in [5, 5.41) is 7.99. The van der Waals surface area contributed by atoms with Crippen molar-refractivity contribution >= 4 is 28.9 Å². The fourth-order valence-corrected chi connectivity index (χ4v) is 4.30. The third kappa shape index (κ3) is 5.00. The lowest BCUT2D eigenvalue weighted by Crippen LogP contribution is -2.22. The van der Waals surface area contributed by atoms with E-state index >= 15 is 0 Å². The van der Waals surface area contributed by atoms with Crippen LogP contribution in [0.1, 0.15) is 23.9 Å². The number of carbonyl (C=O) groups excluding carboxylic acids is 1. The van der Waals surface area contributed by atoms with Gasteiger partial charge < -0.3 is 19.9 Å². The summed E-state index contributed by atoms with van der Waals surface area (Å²) in [5.74, 6) is 2.15. The number of nitrogens with zero attached hydrogens (tertiary/aromatic N) is 5. The minimum Gasteiger partial charge on any atom is -0.494 e. The highest BCUT2D eigenvalue weighted by Gasteiger charge is 2.29. The van der Waals surface area contributed by atoms with E-state index in [-0.39, 0.29) is 11.9 Å². The van der Waals surface area contributed by atoms with Crippen LogP contribution >= 0.6 is 0 Å². The standard InChI is InChI=1S/C27H27N7O3/c1-4-27(35)32-20-14-21(24(36-3)15-23(20)33-12-11-28-18(33)2)31-25-16-26(30-17-29-25)34-22(10-13-37-34)19-8-6-5-7-9-19/h4-9,11-12,14-17,22H,1,10,13H2,2-3H3,(H,32,35)(H,29,30,31)/t22-/m1/s1.